The summed E-state index contributed by atoms with van der Waals surface area (Å²) >= 11 is 0. The zero-order valence-corrected chi connectivity index (χ0v) is 12.9. The maximum absolute atomic E-state index is 13.1. The van der Waals surface area contributed by atoms with Gasteiger partial charge in [-0.25, -0.2) is 0 Å². The quantitative estimate of drug-likeness (QED) is 0.917. The third-order valence-electron chi connectivity index (χ3n) is 4.86. The van der Waals surface area contributed by atoms with Crippen molar-refractivity contribution in [2.45, 2.75) is 46.5 Å². The Bertz CT molecular complexity index is 483. The van der Waals surface area contributed by atoms with Gasteiger partial charge >= 0.3 is 0 Å². The molecule has 0 saturated carbocycles. The van der Waals surface area contributed by atoms with Gasteiger partial charge in [-0.2, -0.15) is 0 Å². The Labute approximate surface area is 122 Å². The van der Waals surface area contributed by atoms with Crippen LogP contribution in [0.3, 0.4) is 0 Å². The lowest BCUT2D eigenvalue weighted by molar-refractivity contribution is -0.128. The van der Waals surface area contributed by atoms with Crippen molar-refractivity contribution in [2.75, 3.05) is 18.0 Å². The van der Waals surface area contributed by atoms with Crippen LogP contribution in [0.5, 0.6) is 0 Å². The molecule has 0 saturated heterocycles. The van der Waals surface area contributed by atoms with Gasteiger partial charge in [0, 0.05) is 18.8 Å². The topological polar surface area (TPSA) is 46.3 Å². The minimum absolute atomic E-state index is 0.209. The van der Waals surface area contributed by atoms with Crippen LogP contribution < -0.4 is 10.6 Å². The fourth-order valence-electron chi connectivity index (χ4n) is 3.26. The fraction of sp³-hybridized carbons (Fsp3) is 0.588. The van der Waals surface area contributed by atoms with Crippen molar-refractivity contribution in [1.82, 2.24) is 0 Å². The number of hydrogen-bond acceptors (Lipinski definition) is 2. The number of benzene rings is 1. The van der Waals surface area contributed by atoms with Crippen molar-refractivity contribution in [3.63, 3.8) is 0 Å². The second-order valence-electron chi connectivity index (χ2n) is 5.83. The summed E-state index contributed by atoms with van der Waals surface area (Å²) in [6, 6.07) is 6.31. The average Bonchev–Trinajstić information content (AvgIpc) is 2.49. The number of carbonyl (C=O) groups excluding carboxylic acids is 1. The third-order valence-corrected chi connectivity index (χ3v) is 4.86. The van der Waals surface area contributed by atoms with Gasteiger partial charge in [-0.3, -0.25) is 4.79 Å². The van der Waals surface area contributed by atoms with E-state index < -0.39 is 5.41 Å². The van der Waals surface area contributed by atoms with E-state index in [1.807, 2.05) is 4.90 Å². The van der Waals surface area contributed by atoms with Crippen molar-refractivity contribution in [2.24, 2.45) is 11.1 Å². The lowest BCUT2D eigenvalue weighted by Gasteiger charge is -2.38. The van der Waals surface area contributed by atoms with Crippen LogP contribution in [-0.4, -0.2) is 19.0 Å². The number of anilines is 1. The molecule has 1 aromatic rings. The first kappa shape index (κ1) is 15.0. The standard InChI is InChI=1S/C17H26N2O/c1-4-17(5-2,12-18)16(20)19-11-7-10-14-9-6-8-13(3)15(14)19/h6,8-9H,4-5,7,10-12,18H2,1-3H3. The molecular formula is C17H26N2O. The Balaban J connectivity index is 2.43. The number of para-hydroxylation sites is 1. The molecule has 0 bridgehead atoms. The number of rotatable bonds is 4. The van der Waals surface area contributed by atoms with Gasteiger partial charge in [0.05, 0.1) is 5.41 Å². The highest BCUT2D eigenvalue weighted by atomic mass is 16.2. The molecule has 2 N–H and O–H groups in total. The molecule has 0 aromatic heterocycles. The zero-order valence-electron chi connectivity index (χ0n) is 12.9. The van der Waals surface area contributed by atoms with Crippen LogP contribution in [-0.2, 0) is 11.2 Å². The lowest BCUT2D eigenvalue weighted by Crippen LogP contribution is -2.49. The van der Waals surface area contributed by atoms with Crippen LogP contribution in [0.4, 0.5) is 5.69 Å². The van der Waals surface area contributed by atoms with Crippen molar-refractivity contribution in [3.05, 3.63) is 29.3 Å². The Kier molecular flexibility index (Phi) is 4.48. The molecule has 1 aliphatic heterocycles. The number of amides is 1. The summed E-state index contributed by atoms with van der Waals surface area (Å²) in [5.74, 6) is 0.209. The lowest BCUT2D eigenvalue weighted by atomic mass is 9.80. The molecule has 0 fully saturated rings. The number of hydrogen-bond donors (Lipinski definition) is 1. The minimum atomic E-state index is -0.406. The van der Waals surface area contributed by atoms with Gasteiger partial charge in [-0.15, -0.1) is 0 Å². The number of fused-ring (bicyclic) bond motifs is 1. The summed E-state index contributed by atoms with van der Waals surface area (Å²) < 4.78 is 0. The van der Waals surface area contributed by atoms with Crippen LogP contribution >= 0.6 is 0 Å². The van der Waals surface area contributed by atoms with E-state index in [0.29, 0.717) is 6.54 Å². The van der Waals surface area contributed by atoms with Crippen molar-refractivity contribution >= 4 is 11.6 Å². The summed E-state index contributed by atoms with van der Waals surface area (Å²) in [7, 11) is 0. The predicted octanol–water partition coefficient (Wildman–Crippen LogP) is 3.04. The first-order valence-electron chi connectivity index (χ1n) is 7.70. The zero-order chi connectivity index (χ0) is 14.8. The molecule has 2 rings (SSSR count). The van der Waals surface area contributed by atoms with Crippen molar-refractivity contribution < 1.29 is 4.79 Å². The van der Waals surface area contributed by atoms with Gasteiger partial charge in [0.15, 0.2) is 0 Å². The van der Waals surface area contributed by atoms with E-state index in [-0.39, 0.29) is 5.91 Å². The van der Waals surface area contributed by atoms with E-state index in [0.717, 1.165) is 37.9 Å². The molecule has 1 aromatic carbocycles. The minimum Gasteiger partial charge on any atom is -0.329 e. The van der Waals surface area contributed by atoms with Crippen LogP contribution in [0.15, 0.2) is 18.2 Å². The number of carbonyl (C=O) groups is 1. The van der Waals surface area contributed by atoms with E-state index >= 15 is 0 Å². The molecule has 20 heavy (non-hydrogen) atoms. The van der Waals surface area contributed by atoms with E-state index in [9.17, 15) is 4.79 Å². The Hall–Kier alpha value is -1.35. The molecule has 110 valence electrons. The summed E-state index contributed by atoms with van der Waals surface area (Å²) in [5, 5.41) is 0. The van der Waals surface area contributed by atoms with E-state index in [1.165, 1.54) is 11.1 Å². The highest BCUT2D eigenvalue weighted by Crippen LogP contribution is 2.36. The maximum Gasteiger partial charge on any atom is 0.234 e. The number of aryl methyl sites for hydroxylation is 2. The Morgan fingerprint density at radius 2 is 2.05 bits per heavy atom. The molecule has 3 nitrogen and oxygen atoms in total. The first-order valence-corrected chi connectivity index (χ1v) is 7.70. The molecule has 3 heteroatoms. The second-order valence-corrected chi connectivity index (χ2v) is 5.83. The first-order chi connectivity index (χ1) is 9.59. The molecule has 0 aliphatic carbocycles. The van der Waals surface area contributed by atoms with Gasteiger partial charge in [0.1, 0.15) is 0 Å². The highest BCUT2D eigenvalue weighted by molar-refractivity contribution is 5.99. The monoisotopic (exact) mass is 274 g/mol. The molecular weight excluding hydrogens is 248 g/mol. The van der Waals surface area contributed by atoms with Crippen LogP contribution in [0.1, 0.15) is 44.2 Å². The maximum atomic E-state index is 13.1. The largest absolute Gasteiger partial charge is 0.329 e. The Morgan fingerprint density at radius 3 is 2.65 bits per heavy atom. The normalized spacial score (nSPS) is 15.1. The number of nitrogens with zero attached hydrogens (tertiary/aromatic N) is 1. The van der Waals surface area contributed by atoms with Crippen LogP contribution in [0.2, 0.25) is 0 Å². The SMILES string of the molecule is CCC(CC)(CN)C(=O)N1CCCc2cccc(C)c21. The second kappa shape index (κ2) is 5.96. The predicted molar refractivity (Wildman–Crippen MR) is 83.9 cm³/mol. The van der Waals surface area contributed by atoms with Crippen LogP contribution in [0, 0.1) is 12.3 Å². The molecule has 0 radical (unpaired) electrons. The van der Waals surface area contributed by atoms with Gasteiger partial charge in [0.25, 0.3) is 0 Å². The Morgan fingerprint density at radius 1 is 1.35 bits per heavy atom. The summed E-state index contributed by atoms with van der Waals surface area (Å²) in [6.07, 6.45) is 3.71. The highest BCUT2D eigenvalue weighted by Gasteiger charge is 2.39. The smallest absolute Gasteiger partial charge is 0.234 e. The summed E-state index contributed by atoms with van der Waals surface area (Å²) in [4.78, 5) is 15.1. The third kappa shape index (κ3) is 2.35. The van der Waals surface area contributed by atoms with E-state index in [4.69, 9.17) is 5.73 Å². The van der Waals surface area contributed by atoms with E-state index in [2.05, 4.69) is 39.0 Å². The number of nitrogens with two attached hydrogens (primary N) is 1. The van der Waals surface area contributed by atoms with E-state index in [1.54, 1.807) is 0 Å². The molecule has 1 aliphatic rings. The van der Waals surface area contributed by atoms with Gasteiger partial charge in [-0.1, -0.05) is 32.0 Å². The van der Waals surface area contributed by atoms with Crippen molar-refractivity contribution in [3.8, 4) is 0 Å². The molecule has 0 spiro atoms. The fourth-order valence-corrected chi connectivity index (χ4v) is 3.26. The molecule has 1 amide bonds. The summed E-state index contributed by atoms with van der Waals surface area (Å²) in [5.41, 5.74) is 9.15. The van der Waals surface area contributed by atoms with Crippen LogP contribution in [0.25, 0.3) is 0 Å². The van der Waals surface area contributed by atoms with Gasteiger partial charge < -0.3 is 10.6 Å². The average molecular weight is 274 g/mol. The molecule has 0 atom stereocenters. The summed E-state index contributed by atoms with van der Waals surface area (Å²) in [6.45, 7) is 7.47. The van der Waals surface area contributed by atoms with Gasteiger partial charge in [-0.05, 0) is 43.7 Å². The van der Waals surface area contributed by atoms with Gasteiger partial charge in [0.2, 0.25) is 5.91 Å². The molecule has 1 heterocycles. The molecule has 0 unspecified atom stereocenters. The van der Waals surface area contributed by atoms with Crippen molar-refractivity contribution in [1.29, 1.82) is 0 Å².